The normalized spacial score (nSPS) is 12.5. The third kappa shape index (κ3) is 3.02. The topological polar surface area (TPSA) is 0 Å². The highest BCUT2D eigenvalue weighted by molar-refractivity contribution is 6.35. The van der Waals surface area contributed by atoms with Crippen molar-refractivity contribution >= 4 is 34.8 Å². The highest BCUT2D eigenvalue weighted by atomic mass is 35.5. The van der Waals surface area contributed by atoms with Crippen molar-refractivity contribution in [3.05, 3.63) is 68.7 Å². The average Bonchev–Trinajstić information content (AvgIpc) is 2.36. The van der Waals surface area contributed by atoms with E-state index in [1.165, 1.54) is 6.07 Å². The van der Waals surface area contributed by atoms with Crippen molar-refractivity contribution in [1.82, 2.24) is 0 Å². The van der Waals surface area contributed by atoms with E-state index in [2.05, 4.69) is 0 Å². The second-order valence-electron chi connectivity index (χ2n) is 4.15. The smallest absolute Gasteiger partial charge is 0.131 e. The lowest BCUT2D eigenvalue weighted by Crippen LogP contribution is -2.00. The van der Waals surface area contributed by atoms with E-state index in [4.69, 9.17) is 34.8 Å². The maximum absolute atomic E-state index is 13.8. The van der Waals surface area contributed by atoms with Crippen molar-refractivity contribution in [1.29, 1.82) is 0 Å². The van der Waals surface area contributed by atoms with Crippen molar-refractivity contribution in [3.8, 4) is 0 Å². The van der Waals surface area contributed by atoms with Gasteiger partial charge >= 0.3 is 0 Å². The van der Waals surface area contributed by atoms with Crippen LogP contribution in [0.2, 0.25) is 10.0 Å². The summed E-state index contributed by atoms with van der Waals surface area (Å²) in [6.07, 6.45) is 0. The van der Waals surface area contributed by atoms with Gasteiger partial charge in [0.25, 0.3) is 0 Å². The summed E-state index contributed by atoms with van der Waals surface area (Å²) in [5.74, 6) is -1.32. The summed E-state index contributed by atoms with van der Waals surface area (Å²) in [5.41, 5.74) is 0.977. The second-order valence-corrected chi connectivity index (χ2v) is 5.43. The third-order valence-electron chi connectivity index (χ3n) is 2.78. The Labute approximate surface area is 124 Å². The number of halogens is 5. The lowest BCUT2D eigenvalue weighted by atomic mass is 10.0. The molecule has 0 radical (unpaired) electrons. The largest absolute Gasteiger partial charge is 0.207 e. The Hall–Kier alpha value is -0.830. The summed E-state index contributed by atoms with van der Waals surface area (Å²) in [7, 11) is 0. The van der Waals surface area contributed by atoms with E-state index in [-0.39, 0.29) is 5.56 Å². The molecule has 2 aromatic carbocycles. The lowest BCUT2D eigenvalue weighted by Gasteiger charge is -2.14. The maximum atomic E-state index is 13.8. The van der Waals surface area contributed by atoms with Gasteiger partial charge in [-0.1, -0.05) is 23.2 Å². The number of benzene rings is 2. The molecule has 0 aromatic heterocycles. The van der Waals surface area contributed by atoms with Crippen LogP contribution in [0.3, 0.4) is 0 Å². The number of alkyl halides is 1. The predicted molar refractivity (Wildman–Crippen MR) is 75.3 cm³/mol. The summed E-state index contributed by atoms with van der Waals surface area (Å²) in [6.45, 7) is 1.54. The molecule has 1 atom stereocenters. The van der Waals surface area contributed by atoms with Crippen LogP contribution in [0.25, 0.3) is 0 Å². The van der Waals surface area contributed by atoms with Gasteiger partial charge in [0, 0.05) is 21.7 Å². The minimum Gasteiger partial charge on any atom is -0.207 e. The fourth-order valence-corrected chi connectivity index (χ4v) is 2.56. The third-order valence-corrected chi connectivity index (χ3v) is 3.83. The lowest BCUT2D eigenvalue weighted by molar-refractivity contribution is 0.568. The molecule has 0 N–H and O–H groups in total. The standard InChI is InChI=1S/C14H9Cl3F2/c1-7-4-10(13(19)6-12(7)18)14(17)9-5-8(15)2-3-11(9)16/h2-6,14H,1H3. The zero-order chi connectivity index (χ0) is 14.2. The predicted octanol–water partition coefficient (Wildman–Crippen LogP) is 5.91. The van der Waals surface area contributed by atoms with E-state index < -0.39 is 17.0 Å². The number of rotatable bonds is 2. The van der Waals surface area contributed by atoms with Crippen molar-refractivity contribution in [2.45, 2.75) is 12.3 Å². The summed E-state index contributed by atoms with van der Waals surface area (Å²) in [5, 5.41) is 0.000528. The Bertz CT molecular complexity index is 626. The van der Waals surface area contributed by atoms with Crippen LogP contribution in [0, 0.1) is 18.6 Å². The molecule has 19 heavy (non-hydrogen) atoms. The first-order valence-corrected chi connectivity index (χ1v) is 6.64. The SMILES string of the molecule is Cc1cc(C(Cl)c2cc(Cl)ccc2Cl)c(F)cc1F. The maximum Gasteiger partial charge on any atom is 0.131 e. The van der Waals surface area contributed by atoms with Gasteiger partial charge in [0.15, 0.2) is 0 Å². The Kier molecular flexibility index (Phi) is 4.34. The molecule has 0 spiro atoms. The van der Waals surface area contributed by atoms with Gasteiger partial charge in [-0.25, -0.2) is 8.78 Å². The van der Waals surface area contributed by atoms with Crippen molar-refractivity contribution in [2.75, 3.05) is 0 Å². The minimum atomic E-state index is -0.828. The second kappa shape index (κ2) is 5.66. The van der Waals surface area contributed by atoms with Crippen LogP contribution < -0.4 is 0 Å². The first-order chi connectivity index (χ1) is 8.90. The van der Waals surface area contributed by atoms with Gasteiger partial charge in [-0.2, -0.15) is 0 Å². The monoisotopic (exact) mass is 320 g/mol. The Morgan fingerprint density at radius 3 is 2.32 bits per heavy atom. The molecule has 0 saturated carbocycles. The molecule has 0 aliphatic carbocycles. The molecule has 0 fully saturated rings. The van der Waals surface area contributed by atoms with Gasteiger partial charge in [-0.05, 0) is 42.3 Å². The molecule has 0 aliphatic heterocycles. The fraction of sp³-hybridized carbons (Fsp3) is 0.143. The quantitative estimate of drug-likeness (QED) is 0.603. The Balaban J connectivity index is 2.52. The minimum absolute atomic E-state index is 0.171. The van der Waals surface area contributed by atoms with Gasteiger partial charge in [-0.3, -0.25) is 0 Å². The molecule has 2 aromatic rings. The van der Waals surface area contributed by atoms with Gasteiger partial charge < -0.3 is 0 Å². The molecule has 100 valence electrons. The zero-order valence-corrected chi connectivity index (χ0v) is 12.1. The van der Waals surface area contributed by atoms with Gasteiger partial charge in [0.1, 0.15) is 11.6 Å². The number of hydrogen-bond acceptors (Lipinski definition) is 0. The number of aryl methyl sites for hydroxylation is 1. The summed E-state index contributed by atoms with van der Waals surface area (Å²) in [6, 6.07) is 6.96. The van der Waals surface area contributed by atoms with Gasteiger partial charge in [0.2, 0.25) is 0 Å². The van der Waals surface area contributed by atoms with Crippen molar-refractivity contribution in [3.63, 3.8) is 0 Å². The molecule has 0 amide bonds. The summed E-state index contributed by atoms with van der Waals surface area (Å²) >= 11 is 18.1. The van der Waals surface area contributed by atoms with Crippen LogP contribution >= 0.6 is 34.8 Å². The van der Waals surface area contributed by atoms with Crippen LogP contribution in [0.1, 0.15) is 22.1 Å². The zero-order valence-electron chi connectivity index (χ0n) is 9.85. The van der Waals surface area contributed by atoms with E-state index in [9.17, 15) is 8.78 Å². The summed E-state index contributed by atoms with van der Waals surface area (Å²) < 4.78 is 27.0. The molecule has 0 heterocycles. The molecular weight excluding hydrogens is 313 g/mol. The van der Waals surface area contributed by atoms with E-state index in [1.54, 1.807) is 25.1 Å². The van der Waals surface area contributed by atoms with Crippen LogP contribution in [0.15, 0.2) is 30.3 Å². The van der Waals surface area contributed by atoms with Gasteiger partial charge in [-0.15, -0.1) is 11.6 Å². The molecule has 1 unspecified atom stereocenters. The van der Waals surface area contributed by atoms with Crippen molar-refractivity contribution < 1.29 is 8.78 Å². The van der Waals surface area contributed by atoms with E-state index >= 15 is 0 Å². The molecule has 0 saturated heterocycles. The fourth-order valence-electron chi connectivity index (χ4n) is 1.75. The first-order valence-electron chi connectivity index (χ1n) is 5.44. The first kappa shape index (κ1) is 14.6. The molecule has 0 aliphatic rings. The highest BCUT2D eigenvalue weighted by Gasteiger charge is 2.20. The molecule has 0 bridgehead atoms. The molecule has 5 heteroatoms. The molecule has 0 nitrogen and oxygen atoms in total. The average molecular weight is 322 g/mol. The number of hydrogen-bond donors (Lipinski definition) is 0. The van der Waals surface area contributed by atoms with E-state index in [1.807, 2.05) is 0 Å². The van der Waals surface area contributed by atoms with Crippen LogP contribution in [0.5, 0.6) is 0 Å². The van der Waals surface area contributed by atoms with Crippen LogP contribution in [-0.4, -0.2) is 0 Å². The van der Waals surface area contributed by atoms with Crippen LogP contribution in [0.4, 0.5) is 8.78 Å². The van der Waals surface area contributed by atoms with E-state index in [0.29, 0.717) is 21.2 Å². The summed E-state index contributed by atoms with van der Waals surface area (Å²) in [4.78, 5) is 0. The Morgan fingerprint density at radius 2 is 1.63 bits per heavy atom. The molecule has 2 rings (SSSR count). The van der Waals surface area contributed by atoms with Gasteiger partial charge in [0.05, 0.1) is 5.38 Å². The van der Waals surface area contributed by atoms with E-state index in [0.717, 1.165) is 6.07 Å². The highest BCUT2D eigenvalue weighted by Crippen LogP contribution is 2.37. The van der Waals surface area contributed by atoms with Crippen LogP contribution in [-0.2, 0) is 0 Å². The van der Waals surface area contributed by atoms with Crippen molar-refractivity contribution in [2.24, 2.45) is 0 Å². The molecular formula is C14H9Cl3F2. The Morgan fingerprint density at radius 1 is 0.947 bits per heavy atom.